The minimum absolute atomic E-state index is 0.166. The average Bonchev–Trinajstić information content (AvgIpc) is 2.68. The molecular formula is C22H18N2O2. The predicted octanol–water partition coefficient (Wildman–Crippen LogP) is 3.54. The van der Waals surface area contributed by atoms with Gasteiger partial charge in [0.1, 0.15) is 12.4 Å². The molecule has 3 aromatic carbocycles. The number of ether oxygens (including phenoxy) is 1. The maximum absolute atomic E-state index is 12.0. The largest absolute Gasteiger partial charge is 0.480 e. The lowest BCUT2D eigenvalue weighted by Crippen LogP contribution is -2.19. The number of benzene rings is 3. The van der Waals surface area contributed by atoms with Crippen molar-refractivity contribution in [1.29, 1.82) is 0 Å². The lowest BCUT2D eigenvalue weighted by atomic mass is 10.0. The van der Waals surface area contributed by atoms with E-state index in [4.69, 9.17) is 11.2 Å². The predicted molar refractivity (Wildman–Crippen MR) is 104 cm³/mol. The minimum Gasteiger partial charge on any atom is -0.480 e. The van der Waals surface area contributed by atoms with Crippen molar-refractivity contribution < 1.29 is 9.53 Å². The average molecular weight is 342 g/mol. The zero-order valence-electron chi connectivity index (χ0n) is 14.2. The van der Waals surface area contributed by atoms with Crippen LogP contribution in [0.25, 0.3) is 10.8 Å². The fourth-order valence-electron chi connectivity index (χ4n) is 2.64. The van der Waals surface area contributed by atoms with E-state index >= 15 is 0 Å². The summed E-state index contributed by atoms with van der Waals surface area (Å²) in [7, 11) is 0. The first-order valence-corrected chi connectivity index (χ1v) is 8.22. The SMILES string of the molecule is C#CCOc1ccc2ccccc2c1/C=N\NC(=O)Cc1ccccc1. The summed E-state index contributed by atoms with van der Waals surface area (Å²) in [5.74, 6) is 2.90. The van der Waals surface area contributed by atoms with Crippen LogP contribution in [-0.2, 0) is 11.2 Å². The third-order valence-electron chi connectivity index (χ3n) is 3.83. The molecule has 0 spiro atoms. The van der Waals surface area contributed by atoms with E-state index in [-0.39, 0.29) is 18.9 Å². The first-order valence-electron chi connectivity index (χ1n) is 8.22. The van der Waals surface area contributed by atoms with Gasteiger partial charge in [-0.05, 0) is 22.4 Å². The molecule has 1 N–H and O–H groups in total. The molecular weight excluding hydrogens is 324 g/mol. The van der Waals surface area contributed by atoms with Crippen LogP contribution in [-0.4, -0.2) is 18.7 Å². The number of hydrazone groups is 1. The van der Waals surface area contributed by atoms with Crippen molar-refractivity contribution in [3.8, 4) is 18.1 Å². The lowest BCUT2D eigenvalue weighted by Gasteiger charge is -2.09. The molecule has 3 rings (SSSR count). The molecule has 0 radical (unpaired) electrons. The molecule has 0 saturated heterocycles. The molecule has 0 fully saturated rings. The van der Waals surface area contributed by atoms with Crippen LogP contribution >= 0.6 is 0 Å². The van der Waals surface area contributed by atoms with Crippen molar-refractivity contribution in [2.75, 3.05) is 6.61 Å². The molecule has 4 nitrogen and oxygen atoms in total. The van der Waals surface area contributed by atoms with Gasteiger partial charge in [-0.1, -0.05) is 66.6 Å². The zero-order valence-corrected chi connectivity index (χ0v) is 14.2. The number of rotatable bonds is 6. The van der Waals surface area contributed by atoms with Gasteiger partial charge in [-0.25, -0.2) is 5.43 Å². The fourth-order valence-corrected chi connectivity index (χ4v) is 2.64. The second-order valence-corrected chi connectivity index (χ2v) is 5.65. The first-order chi connectivity index (χ1) is 12.8. The summed E-state index contributed by atoms with van der Waals surface area (Å²) in [4.78, 5) is 12.0. The molecule has 0 saturated carbocycles. The first kappa shape index (κ1) is 17.2. The minimum atomic E-state index is -0.182. The molecule has 128 valence electrons. The van der Waals surface area contributed by atoms with Crippen molar-refractivity contribution in [1.82, 2.24) is 5.43 Å². The highest BCUT2D eigenvalue weighted by atomic mass is 16.5. The Morgan fingerprint density at radius 2 is 1.85 bits per heavy atom. The van der Waals surface area contributed by atoms with E-state index in [9.17, 15) is 4.79 Å². The molecule has 0 aliphatic heterocycles. The summed E-state index contributed by atoms with van der Waals surface area (Å²) >= 11 is 0. The van der Waals surface area contributed by atoms with Gasteiger partial charge in [0.2, 0.25) is 5.91 Å². The van der Waals surface area contributed by atoms with E-state index in [1.807, 2.05) is 66.7 Å². The Hall–Kier alpha value is -3.58. The maximum Gasteiger partial charge on any atom is 0.244 e. The van der Waals surface area contributed by atoms with Crippen molar-refractivity contribution in [3.05, 3.63) is 77.9 Å². The van der Waals surface area contributed by atoms with Crippen molar-refractivity contribution >= 4 is 22.9 Å². The van der Waals surface area contributed by atoms with Crippen molar-refractivity contribution in [3.63, 3.8) is 0 Å². The van der Waals surface area contributed by atoms with Gasteiger partial charge in [0.15, 0.2) is 0 Å². The van der Waals surface area contributed by atoms with Crippen LogP contribution in [0.4, 0.5) is 0 Å². The Morgan fingerprint density at radius 3 is 2.65 bits per heavy atom. The third-order valence-corrected chi connectivity index (χ3v) is 3.83. The molecule has 0 atom stereocenters. The highest BCUT2D eigenvalue weighted by Crippen LogP contribution is 2.26. The van der Waals surface area contributed by atoms with Crippen LogP contribution in [0.2, 0.25) is 0 Å². The standard InChI is InChI=1S/C22H18N2O2/c1-2-14-26-21-13-12-18-10-6-7-11-19(18)20(21)16-23-24-22(25)15-17-8-4-3-5-9-17/h1,3-13,16H,14-15H2,(H,24,25)/b23-16-. The van der Waals surface area contributed by atoms with Gasteiger partial charge in [-0.2, -0.15) is 5.10 Å². The van der Waals surface area contributed by atoms with Gasteiger partial charge in [0.05, 0.1) is 12.6 Å². The van der Waals surface area contributed by atoms with Gasteiger partial charge in [0, 0.05) is 5.56 Å². The second kappa shape index (κ2) is 8.50. The Morgan fingerprint density at radius 1 is 1.08 bits per heavy atom. The second-order valence-electron chi connectivity index (χ2n) is 5.65. The zero-order chi connectivity index (χ0) is 18.2. The van der Waals surface area contributed by atoms with E-state index in [2.05, 4.69) is 16.4 Å². The molecule has 3 aromatic rings. The summed E-state index contributed by atoms with van der Waals surface area (Å²) in [6.07, 6.45) is 7.15. The quantitative estimate of drug-likeness (QED) is 0.423. The number of nitrogens with one attached hydrogen (secondary N) is 1. The van der Waals surface area contributed by atoms with Gasteiger partial charge in [0.25, 0.3) is 0 Å². The Bertz CT molecular complexity index is 972. The van der Waals surface area contributed by atoms with E-state index in [0.29, 0.717) is 5.75 Å². The maximum atomic E-state index is 12.0. The summed E-state index contributed by atoms with van der Waals surface area (Å²) in [6.45, 7) is 0.166. The van der Waals surface area contributed by atoms with Crippen LogP contribution in [0.15, 0.2) is 71.8 Å². The number of hydrogen-bond acceptors (Lipinski definition) is 3. The molecule has 1 amide bonds. The van der Waals surface area contributed by atoms with Crippen LogP contribution in [0.1, 0.15) is 11.1 Å². The van der Waals surface area contributed by atoms with E-state index in [0.717, 1.165) is 21.9 Å². The van der Waals surface area contributed by atoms with Crippen LogP contribution in [0.3, 0.4) is 0 Å². The smallest absolute Gasteiger partial charge is 0.244 e. The Kier molecular flexibility index (Phi) is 5.64. The van der Waals surface area contributed by atoms with Gasteiger partial charge in [-0.3, -0.25) is 4.79 Å². The monoisotopic (exact) mass is 342 g/mol. The van der Waals surface area contributed by atoms with Crippen LogP contribution in [0.5, 0.6) is 5.75 Å². The molecule has 0 bridgehead atoms. The van der Waals surface area contributed by atoms with E-state index in [1.54, 1.807) is 6.21 Å². The molecule has 0 aromatic heterocycles. The van der Waals surface area contributed by atoms with Gasteiger partial charge in [-0.15, -0.1) is 6.42 Å². The Labute approximate surface area is 152 Å². The number of amides is 1. The number of hydrogen-bond donors (Lipinski definition) is 1. The summed E-state index contributed by atoms with van der Waals surface area (Å²) in [6, 6.07) is 21.2. The topological polar surface area (TPSA) is 50.7 Å². The normalized spacial score (nSPS) is 10.6. The molecule has 4 heteroatoms. The lowest BCUT2D eigenvalue weighted by molar-refractivity contribution is -0.120. The summed E-state index contributed by atoms with van der Waals surface area (Å²) in [5, 5.41) is 6.13. The van der Waals surface area contributed by atoms with Crippen LogP contribution in [0, 0.1) is 12.3 Å². The van der Waals surface area contributed by atoms with Crippen molar-refractivity contribution in [2.45, 2.75) is 6.42 Å². The number of terminal acetylenes is 1. The molecule has 0 aliphatic carbocycles. The molecule has 0 unspecified atom stereocenters. The van der Waals surface area contributed by atoms with Gasteiger partial charge < -0.3 is 4.74 Å². The fraction of sp³-hybridized carbons (Fsp3) is 0.0909. The Balaban J connectivity index is 1.79. The van der Waals surface area contributed by atoms with Gasteiger partial charge >= 0.3 is 0 Å². The molecule has 26 heavy (non-hydrogen) atoms. The summed E-state index contributed by atoms with van der Waals surface area (Å²) < 4.78 is 5.61. The van der Waals surface area contributed by atoms with E-state index in [1.165, 1.54) is 0 Å². The number of fused-ring (bicyclic) bond motifs is 1. The number of carbonyl (C=O) groups is 1. The van der Waals surface area contributed by atoms with E-state index < -0.39 is 0 Å². The molecule has 0 aliphatic rings. The summed E-state index contributed by atoms with van der Waals surface area (Å²) in [5.41, 5.74) is 4.27. The highest BCUT2D eigenvalue weighted by Gasteiger charge is 2.07. The molecule has 0 heterocycles. The van der Waals surface area contributed by atoms with Crippen molar-refractivity contribution in [2.24, 2.45) is 5.10 Å². The third kappa shape index (κ3) is 4.28. The number of nitrogens with zero attached hydrogens (tertiary/aromatic N) is 1. The number of carbonyl (C=O) groups excluding carboxylic acids is 1. The highest BCUT2D eigenvalue weighted by molar-refractivity contribution is 6.02. The van der Waals surface area contributed by atoms with Crippen LogP contribution < -0.4 is 10.2 Å².